The minimum absolute atomic E-state index is 0.106. The number of aliphatic hydroxyl groups excluding tert-OH is 1. The molecule has 0 aliphatic rings. The molecule has 0 aliphatic carbocycles. The fraction of sp³-hybridized carbons (Fsp3) is 0.455. The molecule has 0 aliphatic heterocycles. The molecule has 0 atom stereocenters. The van der Waals surface area contributed by atoms with Gasteiger partial charge in [0, 0.05) is 25.0 Å². The lowest BCUT2D eigenvalue weighted by atomic mass is 10.3. The number of nitrogens with one attached hydrogen (secondary N) is 1. The van der Waals surface area contributed by atoms with Gasteiger partial charge >= 0.3 is 0 Å². The minimum atomic E-state index is -3.88. The predicted molar refractivity (Wildman–Crippen MR) is 77.3 cm³/mol. The monoisotopic (exact) mass is 320 g/mol. The van der Waals surface area contributed by atoms with Crippen LogP contribution in [0.4, 0.5) is 5.69 Å². The zero-order chi connectivity index (χ0) is 15.0. The van der Waals surface area contributed by atoms with Crippen molar-refractivity contribution in [2.24, 2.45) is 0 Å². The number of sulfonamides is 1. The quantitative estimate of drug-likeness (QED) is 0.399. The molecule has 0 spiro atoms. The molecule has 0 unspecified atom stereocenters. The molecule has 0 saturated heterocycles. The van der Waals surface area contributed by atoms with E-state index >= 15 is 0 Å². The molecule has 0 saturated carbocycles. The number of aliphatic hydroxyl groups is 1. The molecule has 0 radical (unpaired) electrons. The second kappa shape index (κ2) is 8.20. The van der Waals surface area contributed by atoms with E-state index < -0.39 is 20.6 Å². The Morgan fingerprint density at radius 2 is 2.00 bits per heavy atom. The molecule has 112 valence electrons. The van der Waals surface area contributed by atoms with E-state index in [1.807, 2.05) is 0 Å². The van der Waals surface area contributed by atoms with Gasteiger partial charge in [0.15, 0.2) is 4.90 Å². The first-order valence-corrected chi connectivity index (χ1v) is 8.54. The maximum Gasteiger partial charge on any atom is 0.289 e. The van der Waals surface area contributed by atoms with Crippen LogP contribution in [0.2, 0.25) is 0 Å². The Balaban J connectivity index is 2.63. The van der Waals surface area contributed by atoms with E-state index in [1.165, 1.54) is 30.0 Å². The summed E-state index contributed by atoms with van der Waals surface area (Å²) in [6, 6.07) is 5.23. The second-order valence-corrected chi connectivity index (χ2v) is 6.77. The van der Waals surface area contributed by atoms with Crippen LogP contribution in [-0.2, 0) is 10.0 Å². The van der Waals surface area contributed by atoms with Crippen LogP contribution < -0.4 is 4.72 Å². The summed E-state index contributed by atoms with van der Waals surface area (Å²) in [6.07, 6.45) is 0.654. The van der Waals surface area contributed by atoms with Crippen LogP contribution in [0, 0.1) is 10.1 Å². The first-order valence-electron chi connectivity index (χ1n) is 5.90. The molecule has 20 heavy (non-hydrogen) atoms. The number of rotatable bonds is 9. The molecule has 7 nitrogen and oxygen atoms in total. The largest absolute Gasteiger partial charge is 0.396 e. The van der Waals surface area contributed by atoms with Crippen LogP contribution in [0.1, 0.15) is 6.42 Å². The third kappa shape index (κ3) is 5.08. The number of nitrogens with zero attached hydrogens (tertiary/aromatic N) is 1. The standard InChI is InChI=1S/C11H16N2O5S2/c14-7-3-8-19-9-6-12-20(17,18)11-5-2-1-4-10(11)13(15)16/h1-2,4-5,12,14H,3,6-9H2. The average Bonchev–Trinajstić information content (AvgIpc) is 2.42. The van der Waals surface area contributed by atoms with Crippen molar-refractivity contribution in [1.82, 2.24) is 4.72 Å². The smallest absolute Gasteiger partial charge is 0.289 e. The lowest BCUT2D eigenvalue weighted by Gasteiger charge is -2.07. The van der Waals surface area contributed by atoms with Gasteiger partial charge in [0.25, 0.3) is 5.69 Å². The van der Waals surface area contributed by atoms with Gasteiger partial charge in [-0.1, -0.05) is 12.1 Å². The SMILES string of the molecule is O=[N+]([O-])c1ccccc1S(=O)(=O)NCCSCCCO. The molecule has 1 aromatic rings. The maximum absolute atomic E-state index is 12.0. The summed E-state index contributed by atoms with van der Waals surface area (Å²) in [5.74, 6) is 1.28. The first kappa shape index (κ1) is 16.9. The van der Waals surface area contributed by atoms with Gasteiger partial charge in [-0.2, -0.15) is 11.8 Å². The normalized spacial score (nSPS) is 11.4. The van der Waals surface area contributed by atoms with Gasteiger partial charge in [-0.25, -0.2) is 13.1 Å². The second-order valence-electron chi connectivity index (χ2n) is 3.81. The summed E-state index contributed by atoms with van der Waals surface area (Å²) in [7, 11) is -3.88. The van der Waals surface area contributed by atoms with E-state index in [9.17, 15) is 18.5 Å². The topological polar surface area (TPSA) is 110 Å². The number of hydrogen-bond acceptors (Lipinski definition) is 6. The summed E-state index contributed by atoms with van der Waals surface area (Å²) in [6.45, 7) is 0.291. The summed E-state index contributed by atoms with van der Waals surface area (Å²) < 4.78 is 26.3. The van der Waals surface area contributed by atoms with Gasteiger partial charge in [0.2, 0.25) is 10.0 Å². The van der Waals surface area contributed by atoms with Crippen LogP contribution >= 0.6 is 11.8 Å². The predicted octanol–water partition coefficient (Wildman–Crippen LogP) is 0.989. The Morgan fingerprint density at radius 3 is 2.65 bits per heavy atom. The van der Waals surface area contributed by atoms with Crippen LogP contribution in [0.25, 0.3) is 0 Å². The summed E-state index contributed by atoms with van der Waals surface area (Å²) in [4.78, 5) is 9.76. The Bertz CT molecular complexity index is 547. The Kier molecular flexibility index (Phi) is 6.93. The molecular formula is C11H16N2O5S2. The Morgan fingerprint density at radius 1 is 1.30 bits per heavy atom. The van der Waals surface area contributed by atoms with E-state index in [0.29, 0.717) is 12.2 Å². The van der Waals surface area contributed by atoms with Gasteiger partial charge in [-0.05, 0) is 18.2 Å². The number of hydrogen-bond donors (Lipinski definition) is 2. The third-order valence-corrected chi connectivity index (χ3v) is 4.92. The highest BCUT2D eigenvalue weighted by Gasteiger charge is 2.24. The zero-order valence-electron chi connectivity index (χ0n) is 10.7. The molecule has 0 fully saturated rings. The van der Waals surface area contributed by atoms with E-state index in [4.69, 9.17) is 5.11 Å². The van der Waals surface area contributed by atoms with Crippen molar-refractivity contribution in [3.63, 3.8) is 0 Å². The van der Waals surface area contributed by atoms with Crippen molar-refractivity contribution in [2.45, 2.75) is 11.3 Å². The molecule has 0 amide bonds. The number of nitro groups is 1. The van der Waals surface area contributed by atoms with Gasteiger partial charge in [0.05, 0.1) is 4.92 Å². The maximum atomic E-state index is 12.0. The van der Waals surface area contributed by atoms with E-state index in [1.54, 1.807) is 0 Å². The summed E-state index contributed by atoms with van der Waals surface area (Å²) in [5.41, 5.74) is -0.437. The van der Waals surface area contributed by atoms with E-state index in [0.717, 1.165) is 11.8 Å². The van der Waals surface area contributed by atoms with E-state index in [2.05, 4.69) is 4.72 Å². The fourth-order valence-electron chi connectivity index (χ4n) is 1.43. The van der Waals surface area contributed by atoms with E-state index in [-0.39, 0.29) is 18.0 Å². The van der Waals surface area contributed by atoms with Gasteiger partial charge in [0.1, 0.15) is 0 Å². The zero-order valence-corrected chi connectivity index (χ0v) is 12.3. The van der Waals surface area contributed by atoms with Crippen LogP contribution in [0.5, 0.6) is 0 Å². The molecule has 2 N–H and O–H groups in total. The number of benzene rings is 1. The fourth-order valence-corrected chi connectivity index (χ4v) is 3.54. The van der Waals surface area contributed by atoms with Crippen molar-refractivity contribution in [2.75, 3.05) is 24.7 Å². The number of thioether (sulfide) groups is 1. The molecule has 1 rings (SSSR count). The van der Waals surface area contributed by atoms with Crippen molar-refractivity contribution in [3.8, 4) is 0 Å². The number of para-hydroxylation sites is 1. The summed E-state index contributed by atoms with van der Waals surface area (Å²) in [5, 5.41) is 19.4. The minimum Gasteiger partial charge on any atom is -0.396 e. The Hall–Kier alpha value is -1.16. The lowest BCUT2D eigenvalue weighted by Crippen LogP contribution is -2.26. The van der Waals surface area contributed by atoms with Crippen LogP contribution in [0.3, 0.4) is 0 Å². The average molecular weight is 320 g/mol. The van der Waals surface area contributed by atoms with Crippen molar-refractivity contribution in [3.05, 3.63) is 34.4 Å². The molecule has 0 heterocycles. The first-order chi connectivity index (χ1) is 9.49. The van der Waals surface area contributed by atoms with Crippen molar-refractivity contribution >= 4 is 27.5 Å². The Labute approximate surface area is 121 Å². The highest BCUT2D eigenvalue weighted by atomic mass is 32.2. The third-order valence-electron chi connectivity index (χ3n) is 2.34. The van der Waals surface area contributed by atoms with Crippen molar-refractivity contribution < 1.29 is 18.4 Å². The molecule has 0 aromatic heterocycles. The van der Waals surface area contributed by atoms with Crippen molar-refractivity contribution in [1.29, 1.82) is 0 Å². The molecule has 0 bridgehead atoms. The van der Waals surface area contributed by atoms with Gasteiger partial charge in [-0.15, -0.1) is 0 Å². The van der Waals surface area contributed by atoms with Gasteiger partial charge in [-0.3, -0.25) is 10.1 Å². The summed E-state index contributed by atoms with van der Waals surface area (Å²) >= 11 is 1.50. The van der Waals surface area contributed by atoms with Crippen LogP contribution in [-0.4, -0.2) is 43.1 Å². The van der Waals surface area contributed by atoms with Gasteiger partial charge < -0.3 is 5.11 Å². The highest BCUT2D eigenvalue weighted by molar-refractivity contribution is 7.99. The number of nitro benzene ring substituents is 1. The highest BCUT2D eigenvalue weighted by Crippen LogP contribution is 2.22. The lowest BCUT2D eigenvalue weighted by molar-refractivity contribution is -0.387. The molecule has 1 aromatic carbocycles. The van der Waals surface area contributed by atoms with Crippen LogP contribution in [0.15, 0.2) is 29.2 Å². The molecular weight excluding hydrogens is 304 g/mol. The molecule has 9 heteroatoms.